The Labute approximate surface area is 196 Å². The zero-order valence-corrected chi connectivity index (χ0v) is 20.4. The third-order valence-corrected chi connectivity index (χ3v) is 8.20. The molecule has 2 aromatic carbocycles. The highest BCUT2D eigenvalue weighted by atomic mass is 32.2. The van der Waals surface area contributed by atoms with Crippen LogP contribution in [0.3, 0.4) is 0 Å². The number of sulfonamides is 1. The molecule has 1 fully saturated rings. The minimum absolute atomic E-state index is 0.116. The first-order valence-electron chi connectivity index (χ1n) is 11.2. The van der Waals surface area contributed by atoms with Crippen molar-refractivity contribution in [2.75, 3.05) is 13.1 Å². The maximum absolute atomic E-state index is 13.3. The lowest BCUT2D eigenvalue weighted by Crippen LogP contribution is -2.38. The summed E-state index contributed by atoms with van der Waals surface area (Å²) in [4.78, 5) is 25.3. The Morgan fingerprint density at radius 3 is 2.39 bits per heavy atom. The van der Waals surface area contributed by atoms with Crippen molar-refractivity contribution in [3.05, 3.63) is 64.7 Å². The van der Waals surface area contributed by atoms with Crippen molar-refractivity contribution >= 4 is 21.9 Å². The molecule has 3 rings (SSSR count). The fourth-order valence-corrected chi connectivity index (χ4v) is 5.58. The first-order valence-corrected chi connectivity index (χ1v) is 12.7. The number of nitrogens with one attached hydrogen (secondary N) is 1. The highest BCUT2D eigenvalue weighted by molar-refractivity contribution is 7.89. The van der Waals surface area contributed by atoms with Gasteiger partial charge in [-0.25, -0.2) is 13.2 Å². The van der Waals surface area contributed by atoms with E-state index in [4.69, 9.17) is 4.74 Å². The molecule has 1 aliphatic heterocycles. The monoisotopic (exact) mass is 472 g/mol. The average Bonchev–Trinajstić information content (AvgIpc) is 2.79. The molecule has 0 spiro atoms. The summed E-state index contributed by atoms with van der Waals surface area (Å²) in [6.07, 6.45) is 0.606. The number of amides is 1. The minimum Gasteiger partial charge on any atom is -0.449 e. The van der Waals surface area contributed by atoms with E-state index in [-0.39, 0.29) is 10.5 Å². The molecular weight excluding hydrogens is 440 g/mol. The molecule has 0 aliphatic carbocycles. The number of rotatable bonds is 7. The number of aryl methyl sites for hydroxylation is 1. The van der Waals surface area contributed by atoms with Crippen LogP contribution in [0.25, 0.3) is 0 Å². The molecule has 1 N–H and O–H groups in total. The van der Waals surface area contributed by atoms with Crippen molar-refractivity contribution in [3.63, 3.8) is 0 Å². The van der Waals surface area contributed by atoms with Gasteiger partial charge in [-0.05, 0) is 68.4 Å². The normalized spacial score (nSPS) is 16.2. The molecule has 0 saturated carbocycles. The number of nitrogens with zero attached hydrogens (tertiary/aromatic N) is 1. The van der Waals surface area contributed by atoms with Crippen LogP contribution in [-0.2, 0) is 26.1 Å². The SMILES string of the molecule is Cc1cc(C(=O)OC(C)C(=O)NCc2ccccc2)cc(S(=O)(=O)N2CCC(C)CC2)c1C. The lowest BCUT2D eigenvalue weighted by molar-refractivity contribution is -0.129. The Hall–Kier alpha value is -2.71. The summed E-state index contributed by atoms with van der Waals surface area (Å²) in [5.41, 5.74) is 2.33. The number of ether oxygens (including phenoxy) is 1. The fraction of sp³-hybridized carbons (Fsp3) is 0.440. The van der Waals surface area contributed by atoms with Gasteiger partial charge in [-0.3, -0.25) is 4.79 Å². The molecule has 7 nitrogen and oxygen atoms in total. The van der Waals surface area contributed by atoms with Gasteiger partial charge in [-0.15, -0.1) is 0 Å². The molecule has 0 aromatic heterocycles. The van der Waals surface area contributed by atoms with E-state index in [0.29, 0.717) is 36.7 Å². The van der Waals surface area contributed by atoms with E-state index in [1.807, 2.05) is 30.3 Å². The summed E-state index contributed by atoms with van der Waals surface area (Å²) >= 11 is 0. The molecule has 1 atom stereocenters. The summed E-state index contributed by atoms with van der Waals surface area (Å²) < 4.78 is 33.4. The topological polar surface area (TPSA) is 92.8 Å². The Kier molecular flexibility index (Phi) is 7.92. The van der Waals surface area contributed by atoms with Gasteiger partial charge in [0.25, 0.3) is 5.91 Å². The largest absolute Gasteiger partial charge is 0.449 e. The van der Waals surface area contributed by atoms with Gasteiger partial charge in [-0.1, -0.05) is 37.3 Å². The number of piperidine rings is 1. The molecular formula is C25H32N2O5S. The maximum Gasteiger partial charge on any atom is 0.338 e. The average molecular weight is 473 g/mol. The first-order chi connectivity index (χ1) is 15.6. The van der Waals surface area contributed by atoms with Crippen molar-refractivity contribution in [1.29, 1.82) is 0 Å². The Morgan fingerprint density at radius 2 is 1.76 bits per heavy atom. The molecule has 0 radical (unpaired) electrons. The molecule has 0 bridgehead atoms. The van der Waals surface area contributed by atoms with Crippen molar-refractivity contribution in [2.45, 2.75) is 58.1 Å². The highest BCUT2D eigenvalue weighted by Crippen LogP contribution is 2.28. The standard InChI is InChI=1S/C25H32N2O5S/c1-17-10-12-27(13-11-17)33(30,31)23-15-22(14-18(2)19(23)3)25(29)32-20(4)24(28)26-16-21-8-6-5-7-9-21/h5-9,14-15,17,20H,10-13,16H2,1-4H3,(H,26,28). The van der Waals surface area contributed by atoms with Crippen LogP contribution in [0.15, 0.2) is 47.4 Å². The van der Waals surface area contributed by atoms with E-state index in [1.165, 1.54) is 17.3 Å². The van der Waals surface area contributed by atoms with E-state index in [0.717, 1.165) is 18.4 Å². The van der Waals surface area contributed by atoms with Crippen LogP contribution in [0.5, 0.6) is 0 Å². The predicted octanol–water partition coefficient (Wildman–Crippen LogP) is 3.59. The van der Waals surface area contributed by atoms with Crippen LogP contribution in [0, 0.1) is 19.8 Å². The van der Waals surface area contributed by atoms with Gasteiger partial charge in [0, 0.05) is 19.6 Å². The summed E-state index contributed by atoms with van der Waals surface area (Å²) in [5, 5.41) is 2.74. The Morgan fingerprint density at radius 1 is 1.12 bits per heavy atom. The van der Waals surface area contributed by atoms with Crippen LogP contribution in [0.1, 0.15) is 53.7 Å². The second-order valence-electron chi connectivity index (χ2n) is 8.75. The number of hydrogen-bond acceptors (Lipinski definition) is 5. The van der Waals surface area contributed by atoms with Gasteiger partial charge < -0.3 is 10.1 Å². The van der Waals surface area contributed by atoms with Gasteiger partial charge >= 0.3 is 5.97 Å². The van der Waals surface area contributed by atoms with Crippen molar-refractivity contribution in [3.8, 4) is 0 Å². The molecule has 2 aromatic rings. The van der Waals surface area contributed by atoms with Crippen LogP contribution in [-0.4, -0.2) is 43.8 Å². The van der Waals surface area contributed by atoms with Crippen molar-refractivity contribution < 1.29 is 22.7 Å². The van der Waals surface area contributed by atoms with Crippen LogP contribution < -0.4 is 5.32 Å². The predicted molar refractivity (Wildman–Crippen MR) is 126 cm³/mol. The molecule has 1 aliphatic rings. The molecule has 1 saturated heterocycles. The van der Waals surface area contributed by atoms with E-state index < -0.39 is 28.0 Å². The third-order valence-electron chi connectivity index (χ3n) is 6.18. The van der Waals surface area contributed by atoms with Crippen molar-refractivity contribution in [1.82, 2.24) is 9.62 Å². The zero-order valence-electron chi connectivity index (χ0n) is 19.6. The zero-order chi connectivity index (χ0) is 24.2. The number of hydrogen-bond donors (Lipinski definition) is 1. The van der Waals surface area contributed by atoms with Crippen LogP contribution in [0.2, 0.25) is 0 Å². The second-order valence-corrected chi connectivity index (χ2v) is 10.7. The number of carbonyl (C=O) groups excluding carboxylic acids is 2. The maximum atomic E-state index is 13.3. The lowest BCUT2D eigenvalue weighted by Gasteiger charge is -2.30. The van der Waals surface area contributed by atoms with Gasteiger partial charge in [0.1, 0.15) is 0 Å². The highest BCUT2D eigenvalue weighted by Gasteiger charge is 2.31. The van der Waals surface area contributed by atoms with Gasteiger partial charge in [-0.2, -0.15) is 4.31 Å². The molecule has 1 unspecified atom stereocenters. The third kappa shape index (κ3) is 6.00. The van der Waals surface area contributed by atoms with E-state index >= 15 is 0 Å². The van der Waals surface area contributed by atoms with E-state index in [1.54, 1.807) is 19.9 Å². The van der Waals surface area contributed by atoms with Crippen molar-refractivity contribution in [2.24, 2.45) is 5.92 Å². The molecule has 1 amide bonds. The van der Waals surface area contributed by atoms with Crippen LogP contribution >= 0.6 is 0 Å². The van der Waals surface area contributed by atoms with Gasteiger partial charge in [0.15, 0.2) is 6.10 Å². The Bertz CT molecular complexity index is 1110. The molecule has 178 valence electrons. The second kappa shape index (κ2) is 10.5. The molecule has 8 heteroatoms. The van der Waals surface area contributed by atoms with Crippen LogP contribution in [0.4, 0.5) is 0 Å². The molecule has 1 heterocycles. The fourth-order valence-electron chi connectivity index (χ4n) is 3.79. The lowest BCUT2D eigenvalue weighted by atomic mass is 10.0. The summed E-state index contributed by atoms with van der Waals surface area (Å²) in [6.45, 7) is 8.37. The quantitative estimate of drug-likeness (QED) is 0.622. The Balaban J connectivity index is 1.73. The number of esters is 1. The summed E-state index contributed by atoms with van der Waals surface area (Å²) in [5.74, 6) is -0.661. The summed E-state index contributed by atoms with van der Waals surface area (Å²) in [6, 6.07) is 12.4. The summed E-state index contributed by atoms with van der Waals surface area (Å²) in [7, 11) is -3.73. The van der Waals surface area contributed by atoms with Gasteiger partial charge in [0.05, 0.1) is 10.5 Å². The smallest absolute Gasteiger partial charge is 0.338 e. The minimum atomic E-state index is -3.73. The molecule has 33 heavy (non-hydrogen) atoms. The van der Waals surface area contributed by atoms with E-state index in [9.17, 15) is 18.0 Å². The first kappa shape index (κ1) is 24.9. The van der Waals surface area contributed by atoms with E-state index in [2.05, 4.69) is 12.2 Å². The number of carbonyl (C=O) groups is 2. The number of benzene rings is 2. The van der Waals surface area contributed by atoms with Gasteiger partial charge in [0.2, 0.25) is 10.0 Å².